The molecule has 3 N–H and O–H groups in total. The van der Waals surface area contributed by atoms with Gasteiger partial charge in [-0.05, 0) is 18.2 Å². The summed E-state index contributed by atoms with van der Waals surface area (Å²) in [5, 5.41) is -0.880. The van der Waals surface area contributed by atoms with E-state index in [2.05, 4.69) is 16.6 Å². The second-order valence-corrected chi connectivity index (χ2v) is 8.60. The van der Waals surface area contributed by atoms with E-state index in [9.17, 15) is 16.8 Å². The highest BCUT2D eigenvalue weighted by molar-refractivity contribution is 8.08. The van der Waals surface area contributed by atoms with Crippen molar-refractivity contribution in [1.82, 2.24) is 0 Å². The summed E-state index contributed by atoms with van der Waals surface area (Å²) >= 11 is 5.86. The van der Waals surface area contributed by atoms with Gasteiger partial charge in [-0.15, -0.1) is 0 Å². The van der Waals surface area contributed by atoms with E-state index in [1.165, 1.54) is 12.1 Å². The molecular formula is C11H13ClN2O4S2. The second kappa shape index (κ2) is 6.45. The van der Waals surface area contributed by atoms with E-state index in [0.717, 1.165) is 6.26 Å². The number of benzene rings is 1. The van der Waals surface area contributed by atoms with Crippen LogP contribution < -0.4 is 10.5 Å². The molecule has 1 rings (SSSR count). The zero-order valence-corrected chi connectivity index (χ0v) is 12.9. The Kier molecular flexibility index (Phi) is 5.42. The van der Waals surface area contributed by atoms with Crippen LogP contribution in [0.25, 0.3) is 0 Å². The second-order valence-electron chi connectivity index (χ2n) is 3.96. The third-order valence-corrected chi connectivity index (χ3v) is 5.75. The van der Waals surface area contributed by atoms with Crippen molar-refractivity contribution < 1.29 is 16.8 Å². The van der Waals surface area contributed by atoms with Crippen LogP contribution in [0.4, 0.5) is 5.69 Å². The molecule has 0 spiro atoms. The molecule has 0 aliphatic carbocycles. The number of nitrogens with two attached hydrogens (primary N) is 1. The number of halogens is 1. The van der Waals surface area contributed by atoms with Crippen molar-refractivity contribution in [3.63, 3.8) is 0 Å². The van der Waals surface area contributed by atoms with Gasteiger partial charge < -0.3 is 5.73 Å². The summed E-state index contributed by atoms with van der Waals surface area (Å²) in [5.74, 6) is 5.33. The Bertz CT molecular complexity index is 761. The number of hydrogen-bond acceptors (Lipinski definition) is 5. The molecule has 0 atom stereocenters. The fraction of sp³-hybridized carbons (Fsp3) is 0.273. The van der Waals surface area contributed by atoms with Crippen LogP contribution in [0, 0.1) is 11.8 Å². The molecular weight excluding hydrogens is 324 g/mol. The molecule has 20 heavy (non-hydrogen) atoms. The first-order chi connectivity index (χ1) is 9.13. The molecule has 0 saturated carbocycles. The molecule has 0 aliphatic heterocycles. The molecule has 0 aromatic heterocycles. The Balaban J connectivity index is 3.08. The van der Waals surface area contributed by atoms with E-state index in [4.69, 9.17) is 17.3 Å². The smallest absolute Gasteiger partial charge is 0.247 e. The largest absolute Gasteiger partial charge is 0.320 e. The lowest BCUT2D eigenvalue weighted by atomic mass is 10.2. The van der Waals surface area contributed by atoms with Gasteiger partial charge in [0.2, 0.25) is 10.0 Å². The molecule has 1 aromatic carbocycles. The van der Waals surface area contributed by atoms with Crippen LogP contribution in [0.1, 0.15) is 5.56 Å². The number of anilines is 1. The van der Waals surface area contributed by atoms with Gasteiger partial charge in [-0.2, -0.15) is 0 Å². The number of hydrogen-bond donors (Lipinski definition) is 2. The first-order valence-corrected chi connectivity index (χ1v) is 9.39. The summed E-state index contributed by atoms with van der Waals surface area (Å²) in [6.07, 6.45) is 0.830. The summed E-state index contributed by atoms with van der Waals surface area (Å²) < 4.78 is 47.6. The summed E-state index contributed by atoms with van der Waals surface area (Å²) in [7, 11) is -7.72. The molecule has 0 heterocycles. The molecule has 0 amide bonds. The number of sulfone groups is 1. The van der Waals surface area contributed by atoms with Gasteiger partial charge in [0, 0.05) is 11.8 Å². The minimum Gasteiger partial charge on any atom is -0.320 e. The van der Waals surface area contributed by atoms with E-state index in [0.29, 0.717) is 5.56 Å². The Morgan fingerprint density at radius 3 is 2.50 bits per heavy atom. The maximum absolute atomic E-state index is 11.7. The molecule has 9 heteroatoms. The minimum absolute atomic E-state index is 0.0686. The van der Waals surface area contributed by atoms with Crippen molar-refractivity contribution in [2.75, 3.05) is 22.6 Å². The van der Waals surface area contributed by atoms with E-state index < -0.39 is 24.9 Å². The van der Waals surface area contributed by atoms with Crippen molar-refractivity contribution in [2.45, 2.75) is 0 Å². The maximum Gasteiger partial charge on any atom is 0.247 e. The lowest BCUT2D eigenvalue weighted by molar-refractivity contribution is 0.595. The highest BCUT2D eigenvalue weighted by Gasteiger charge is 2.19. The van der Waals surface area contributed by atoms with E-state index in [-0.39, 0.29) is 17.3 Å². The standard InChI is InChI=1S/C11H13ClN2O4S2/c1-19(15,16)8-20(17,18)14-11-7-9(3-2-6-13)4-5-10(11)12/h4-5,7,14H,6,8,13H2,1H3. The fourth-order valence-corrected chi connectivity index (χ4v) is 4.53. The fourth-order valence-electron chi connectivity index (χ4n) is 1.31. The molecule has 0 aliphatic rings. The molecule has 0 unspecified atom stereocenters. The monoisotopic (exact) mass is 336 g/mol. The highest BCUT2D eigenvalue weighted by atomic mass is 35.5. The molecule has 1 aromatic rings. The SMILES string of the molecule is CS(=O)(=O)CS(=O)(=O)Nc1cc(C#CCN)ccc1Cl. The van der Waals surface area contributed by atoms with Crippen LogP contribution in [0.3, 0.4) is 0 Å². The summed E-state index contributed by atoms with van der Waals surface area (Å²) in [5.41, 5.74) is 5.82. The molecule has 0 saturated heterocycles. The predicted octanol–water partition coefficient (Wildman–Crippen LogP) is 0.394. The first kappa shape index (κ1) is 16.8. The zero-order valence-electron chi connectivity index (χ0n) is 10.6. The van der Waals surface area contributed by atoms with E-state index in [1.54, 1.807) is 6.07 Å². The normalized spacial score (nSPS) is 11.6. The quantitative estimate of drug-likeness (QED) is 0.774. The van der Waals surface area contributed by atoms with Gasteiger partial charge >= 0.3 is 0 Å². The van der Waals surface area contributed by atoms with Gasteiger partial charge in [0.15, 0.2) is 14.9 Å². The lowest BCUT2D eigenvalue weighted by Gasteiger charge is -2.09. The van der Waals surface area contributed by atoms with Gasteiger partial charge in [0.05, 0.1) is 17.3 Å². The van der Waals surface area contributed by atoms with Crippen LogP contribution in [0.15, 0.2) is 18.2 Å². The van der Waals surface area contributed by atoms with Crippen molar-refractivity contribution in [3.05, 3.63) is 28.8 Å². The Hall–Kier alpha value is -1.27. The van der Waals surface area contributed by atoms with Gasteiger partial charge in [-0.25, -0.2) is 16.8 Å². The number of nitrogens with one attached hydrogen (secondary N) is 1. The minimum atomic E-state index is -4.05. The van der Waals surface area contributed by atoms with Gasteiger partial charge in [0.1, 0.15) is 0 Å². The van der Waals surface area contributed by atoms with Crippen LogP contribution in [0.2, 0.25) is 5.02 Å². The number of rotatable bonds is 4. The van der Waals surface area contributed by atoms with Crippen LogP contribution in [0.5, 0.6) is 0 Å². The molecule has 0 radical (unpaired) electrons. The maximum atomic E-state index is 11.7. The van der Waals surface area contributed by atoms with Gasteiger partial charge in [0.25, 0.3) is 0 Å². The molecule has 6 nitrogen and oxygen atoms in total. The van der Waals surface area contributed by atoms with Crippen LogP contribution in [-0.4, -0.2) is 34.7 Å². The number of sulfonamides is 1. The average Bonchev–Trinajstić information content (AvgIpc) is 2.26. The third-order valence-electron chi connectivity index (χ3n) is 1.94. The molecule has 0 bridgehead atoms. The summed E-state index contributed by atoms with van der Waals surface area (Å²) in [6.45, 7) is 0.164. The van der Waals surface area contributed by atoms with Gasteiger partial charge in [-0.1, -0.05) is 23.4 Å². The zero-order chi connectivity index (χ0) is 15.4. The van der Waals surface area contributed by atoms with Crippen molar-refractivity contribution in [1.29, 1.82) is 0 Å². The Labute approximate surface area is 123 Å². The highest BCUT2D eigenvalue weighted by Crippen LogP contribution is 2.24. The van der Waals surface area contributed by atoms with Crippen molar-refractivity contribution in [2.24, 2.45) is 5.73 Å². The van der Waals surface area contributed by atoms with E-state index >= 15 is 0 Å². The summed E-state index contributed by atoms with van der Waals surface area (Å²) in [6, 6.07) is 4.46. The Morgan fingerprint density at radius 1 is 1.30 bits per heavy atom. The van der Waals surface area contributed by atoms with Crippen LogP contribution >= 0.6 is 11.6 Å². The molecule has 0 fully saturated rings. The lowest BCUT2D eigenvalue weighted by Crippen LogP contribution is -2.22. The van der Waals surface area contributed by atoms with Crippen LogP contribution in [-0.2, 0) is 19.9 Å². The Morgan fingerprint density at radius 2 is 1.95 bits per heavy atom. The van der Waals surface area contributed by atoms with Crippen molar-refractivity contribution >= 4 is 37.1 Å². The van der Waals surface area contributed by atoms with Gasteiger partial charge in [-0.3, -0.25) is 4.72 Å². The molecule has 110 valence electrons. The third kappa shape index (κ3) is 5.79. The topological polar surface area (TPSA) is 106 Å². The average molecular weight is 337 g/mol. The summed E-state index contributed by atoms with van der Waals surface area (Å²) in [4.78, 5) is 0. The van der Waals surface area contributed by atoms with Crippen molar-refractivity contribution in [3.8, 4) is 11.8 Å². The van der Waals surface area contributed by atoms with E-state index in [1.807, 2.05) is 0 Å². The predicted molar refractivity (Wildman–Crippen MR) is 79.6 cm³/mol. The first-order valence-electron chi connectivity index (χ1n) is 5.30.